The second-order valence-electron chi connectivity index (χ2n) is 8.63. The van der Waals surface area contributed by atoms with Crippen LogP contribution in [-0.4, -0.2) is 6.26 Å². The Morgan fingerprint density at radius 1 is 0.792 bits per heavy atom. The molecule has 5 aliphatic rings. The molecule has 4 saturated carbocycles. The van der Waals surface area contributed by atoms with Crippen LogP contribution < -0.4 is 0 Å². The van der Waals surface area contributed by atoms with E-state index in [1.54, 1.807) is 11.1 Å². The molecule has 0 unspecified atom stereocenters. The van der Waals surface area contributed by atoms with Gasteiger partial charge in [0, 0.05) is 10.3 Å². The van der Waals surface area contributed by atoms with Crippen molar-refractivity contribution in [2.24, 2.45) is 23.7 Å². The minimum atomic E-state index is 0.338. The van der Waals surface area contributed by atoms with E-state index in [1.807, 2.05) is 11.8 Å². The summed E-state index contributed by atoms with van der Waals surface area (Å²) < 4.78 is 0. The molecule has 0 N–H and O–H groups in total. The zero-order valence-electron chi connectivity index (χ0n) is 14.3. The number of benzene rings is 2. The van der Waals surface area contributed by atoms with Gasteiger partial charge in [0.2, 0.25) is 0 Å². The van der Waals surface area contributed by atoms with Crippen LogP contribution in [0.4, 0.5) is 0 Å². The smallest absolute Gasteiger partial charge is 0.0272 e. The molecule has 2 aromatic carbocycles. The van der Waals surface area contributed by atoms with E-state index in [0.29, 0.717) is 5.41 Å². The van der Waals surface area contributed by atoms with Gasteiger partial charge in [-0.3, -0.25) is 0 Å². The molecule has 7 rings (SSSR count). The number of fused-ring (bicyclic) bond motifs is 3. The molecule has 2 aromatic rings. The van der Waals surface area contributed by atoms with Gasteiger partial charge in [-0.2, -0.15) is 0 Å². The van der Waals surface area contributed by atoms with Crippen LogP contribution in [0.25, 0.3) is 11.1 Å². The molecular formula is C23H24S. The van der Waals surface area contributed by atoms with Crippen LogP contribution in [0.1, 0.15) is 43.2 Å². The molecule has 0 aliphatic heterocycles. The minimum Gasteiger partial charge on any atom is -0.130 e. The van der Waals surface area contributed by atoms with Crippen LogP contribution >= 0.6 is 11.8 Å². The molecule has 4 bridgehead atoms. The molecule has 1 heteroatoms. The Bertz CT molecular complexity index is 806. The standard InChI is InChI=1S/C23H24S/c1-24-18-6-7-20-19-4-2-3-5-21(19)23(22(20)13-18)16-9-14-8-15(11-16)12-17(23)10-14/h2-7,13-17H,8-12H2,1H3. The lowest BCUT2D eigenvalue weighted by atomic mass is 9.43. The first kappa shape index (κ1) is 14.0. The summed E-state index contributed by atoms with van der Waals surface area (Å²) in [6, 6.07) is 16.7. The first-order valence-corrected chi connectivity index (χ1v) is 10.8. The van der Waals surface area contributed by atoms with E-state index in [0.717, 1.165) is 23.7 Å². The van der Waals surface area contributed by atoms with Crippen LogP contribution in [0.5, 0.6) is 0 Å². The van der Waals surface area contributed by atoms with Gasteiger partial charge < -0.3 is 0 Å². The molecule has 0 amide bonds. The highest BCUT2D eigenvalue weighted by atomic mass is 32.2. The Hall–Kier alpha value is -1.21. The van der Waals surface area contributed by atoms with Gasteiger partial charge in [-0.25, -0.2) is 0 Å². The quantitative estimate of drug-likeness (QED) is 0.566. The molecule has 1 spiro atoms. The third-order valence-corrected chi connectivity index (χ3v) is 8.49. The van der Waals surface area contributed by atoms with Gasteiger partial charge in [0.05, 0.1) is 0 Å². The van der Waals surface area contributed by atoms with Crippen molar-refractivity contribution in [3.63, 3.8) is 0 Å². The predicted octanol–water partition coefficient (Wildman–Crippen LogP) is 6.13. The number of rotatable bonds is 1. The lowest BCUT2D eigenvalue weighted by Crippen LogP contribution is -2.55. The van der Waals surface area contributed by atoms with Gasteiger partial charge >= 0.3 is 0 Å². The maximum absolute atomic E-state index is 2.56. The highest BCUT2D eigenvalue weighted by Gasteiger charge is 2.61. The van der Waals surface area contributed by atoms with Crippen molar-refractivity contribution in [1.82, 2.24) is 0 Å². The number of hydrogen-bond donors (Lipinski definition) is 0. The summed E-state index contributed by atoms with van der Waals surface area (Å²) in [7, 11) is 0. The van der Waals surface area contributed by atoms with E-state index in [9.17, 15) is 0 Å². The average molecular weight is 333 g/mol. The van der Waals surface area contributed by atoms with Crippen LogP contribution in [0.2, 0.25) is 0 Å². The molecule has 4 fully saturated rings. The predicted molar refractivity (Wildman–Crippen MR) is 101 cm³/mol. The third kappa shape index (κ3) is 1.54. The van der Waals surface area contributed by atoms with Crippen LogP contribution in [-0.2, 0) is 5.41 Å². The first-order valence-electron chi connectivity index (χ1n) is 9.59. The molecule has 0 atom stereocenters. The van der Waals surface area contributed by atoms with Crippen LogP contribution in [0, 0.1) is 23.7 Å². The SMILES string of the molecule is CSc1ccc2c(c1)C1(c3ccccc3-2)C2CC3CC(C2)CC1C3. The van der Waals surface area contributed by atoms with Gasteiger partial charge in [0.1, 0.15) is 0 Å². The Kier molecular flexibility index (Phi) is 2.74. The van der Waals surface area contributed by atoms with Gasteiger partial charge in [-0.1, -0.05) is 30.3 Å². The summed E-state index contributed by atoms with van der Waals surface area (Å²) in [4.78, 5) is 1.44. The Labute approximate surface area is 149 Å². The van der Waals surface area contributed by atoms with Crippen molar-refractivity contribution in [2.45, 2.75) is 42.4 Å². The lowest BCUT2D eigenvalue weighted by molar-refractivity contribution is -0.0400. The molecule has 5 aliphatic carbocycles. The van der Waals surface area contributed by atoms with Crippen molar-refractivity contribution >= 4 is 11.8 Å². The highest BCUT2D eigenvalue weighted by Crippen LogP contribution is 2.69. The third-order valence-electron chi connectivity index (χ3n) is 7.76. The summed E-state index contributed by atoms with van der Waals surface area (Å²) in [5, 5.41) is 0. The van der Waals surface area contributed by atoms with Crippen LogP contribution in [0.3, 0.4) is 0 Å². The normalized spacial score (nSPS) is 37.7. The fourth-order valence-corrected chi connectivity index (χ4v) is 7.70. The molecule has 0 nitrogen and oxygen atoms in total. The number of thioether (sulfide) groups is 1. The second-order valence-corrected chi connectivity index (χ2v) is 9.51. The molecule has 0 saturated heterocycles. The first-order chi connectivity index (χ1) is 11.8. The Morgan fingerprint density at radius 2 is 1.46 bits per heavy atom. The fourth-order valence-electron chi connectivity index (χ4n) is 7.26. The Morgan fingerprint density at radius 3 is 2.17 bits per heavy atom. The van der Waals surface area contributed by atoms with Crippen molar-refractivity contribution in [3.8, 4) is 11.1 Å². The molecule has 0 aromatic heterocycles. The van der Waals surface area contributed by atoms with E-state index in [-0.39, 0.29) is 0 Å². The molecule has 0 radical (unpaired) electrons. The topological polar surface area (TPSA) is 0 Å². The van der Waals surface area contributed by atoms with E-state index >= 15 is 0 Å². The molecule has 122 valence electrons. The maximum atomic E-state index is 2.56. The maximum Gasteiger partial charge on any atom is 0.0272 e. The van der Waals surface area contributed by atoms with Crippen molar-refractivity contribution in [2.75, 3.05) is 6.26 Å². The van der Waals surface area contributed by atoms with Crippen LogP contribution in [0.15, 0.2) is 47.4 Å². The zero-order chi connectivity index (χ0) is 15.9. The summed E-state index contributed by atoms with van der Waals surface area (Å²) >= 11 is 1.90. The molecule has 24 heavy (non-hydrogen) atoms. The van der Waals surface area contributed by atoms with Gasteiger partial charge in [-0.15, -0.1) is 11.8 Å². The highest BCUT2D eigenvalue weighted by molar-refractivity contribution is 7.98. The number of hydrogen-bond acceptors (Lipinski definition) is 1. The van der Waals surface area contributed by atoms with E-state index < -0.39 is 0 Å². The zero-order valence-corrected chi connectivity index (χ0v) is 15.1. The molecular weight excluding hydrogens is 308 g/mol. The van der Waals surface area contributed by atoms with Gasteiger partial charge in [0.25, 0.3) is 0 Å². The monoisotopic (exact) mass is 332 g/mol. The van der Waals surface area contributed by atoms with Crippen molar-refractivity contribution in [1.29, 1.82) is 0 Å². The summed E-state index contributed by atoms with van der Waals surface area (Å²) in [5.74, 6) is 3.82. The van der Waals surface area contributed by atoms with Gasteiger partial charge in [-0.05, 0) is 96.4 Å². The van der Waals surface area contributed by atoms with E-state index in [2.05, 4.69) is 48.7 Å². The fraction of sp³-hybridized carbons (Fsp3) is 0.478. The summed E-state index contributed by atoms with van der Waals surface area (Å²) in [5.41, 5.74) is 6.77. The Balaban J connectivity index is 1.67. The summed E-state index contributed by atoms with van der Waals surface area (Å²) in [6.45, 7) is 0. The van der Waals surface area contributed by atoms with Crippen molar-refractivity contribution < 1.29 is 0 Å². The van der Waals surface area contributed by atoms with Crippen molar-refractivity contribution in [3.05, 3.63) is 53.6 Å². The summed E-state index contributed by atoms with van der Waals surface area (Å²) in [6.07, 6.45) is 9.65. The average Bonchev–Trinajstić information content (AvgIpc) is 2.90. The van der Waals surface area contributed by atoms with E-state index in [4.69, 9.17) is 0 Å². The van der Waals surface area contributed by atoms with Gasteiger partial charge in [0.15, 0.2) is 0 Å². The van der Waals surface area contributed by atoms with E-state index in [1.165, 1.54) is 48.1 Å². The molecule has 0 heterocycles. The lowest BCUT2D eigenvalue weighted by Gasteiger charge is -2.61. The largest absolute Gasteiger partial charge is 0.130 e. The second kappa shape index (κ2) is 4.69. The minimum absolute atomic E-state index is 0.338.